The highest BCUT2D eigenvalue weighted by molar-refractivity contribution is 5.84. The van der Waals surface area contributed by atoms with Crippen LogP contribution in [0.2, 0.25) is 0 Å². The smallest absolute Gasteiger partial charge is 0.243 e. The highest BCUT2D eigenvalue weighted by Crippen LogP contribution is 2.47. The molecule has 1 amide bonds. The third-order valence-corrected chi connectivity index (χ3v) is 5.28. The predicted molar refractivity (Wildman–Crippen MR) is 103 cm³/mol. The summed E-state index contributed by atoms with van der Waals surface area (Å²) in [6.07, 6.45) is 4.32. The molecule has 27 heavy (non-hydrogen) atoms. The Hall–Kier alpha value is -2.15. The summed E-state index contributed by atoms with van der Waals surface area (Å²) in [4.78, 5) is 17.8. The molecule has 1 unspecified atom stereocenters. The number of likely N-dealkylation sites (N-methyl/N-ethyl adjacent to an activating group) is 1. The van der Waals surface area contributed by atoms with Gasteiger partial charge in [0.15, 0.2) is 5.96 Å². The zero-order chi connectivity index (χ0) is 19.3. The van der Waals surface area contributed by atoms with Gasteiger partial charge in [0.25, 0.3) is 0 Å². The number of carbonyl (C=O) groups excluding carboxylic acids is 1. The van der Waals surface area contributed by atoms with Crippen molar-refractivity contribution in [3.63, 3.8) is 0 Å². The number of rotatable bonds is 7. The molecule has 7 heteroatoms. The van der Waals surface area contributed by atoms with Crippen molar-refractivity contribution < 1.29 is 13.9 Å². The monoisotopic (exact) mass is 376 g/mol. The van der Waals surface area contributed by atoms with Crippen molar-refractivity contribution in [2.45, 2.75) is 37.2 Å². The molecule has 1 aliphatic heterocycles. The lowest BCUT2D eigenvalue weighted by Gasteiger charge is -2.20. The van der Waals surface area contributed by atoms with Gasteiger partial charge in [-0.3, -0.25) is 4.79 Å². The van der Waals surface area contributed by atoms with Crippen LogP contribution in [0.15, 0.2) is 29.3 Å². The first kappa shape index (κ1) is 19.6. The number of guanidine groups is 1. The first-order valence-corrected chi connectivity index (χ1v) is 9.58. The van der Waals surface area contributed by atoms with Crippen molar-refractivity contribution in [1.82, 2.24) is 15.5 Å². The number of hydrogen-bond donors (Lipinski definition) is 2. The summed E-state index contributed by atoms with van der Waals surface area (Å²) in [7, 11) is 3.43. The van der Waals surface area contributed by atoms with Gasteiger partial charge in [0.05, 0.1) is 6.10 Å². The second kappa shape index (κ2) is 8.69. The summed E-state index contributed by atoms with van der Waals surface area (Å²) in [6.45, 7) is 2.20. The normalized spacial score (nSPS) is 21.0. The Morgan fingerprint density at radius 3 is 2.81 bits per heavy atom. The molecule has 0 aromatic heterocycles. The van der Waals surface area contributed by atoms with E-state index in [2.05, 4.69) is 15.6 Å². The maximum Gasteiger partial charge on any atom is 0.243 e. The molecule has 148 valence electrons. The minimum Gasteiger partial charge on any atom is -0.376 e. The summed E-state index contributed by atoms with van der Waals surface area (Å²) in [6, 6.07) is 6.81. The number of nitrogens with zero attached hydrogens (tertiary/aromatic N) is 2. The van der Waals surface area contributed by atoms with E-state index in [-0.39, 0.29) is 29.8 Å². The van der Waals surface area contributed by atoms with E-state index in [4.69, 9.17) is 4.74 Å². The van der Waals surface area contributed by atoms with Gasteiger partial charge in [-0.25, -0.2) is 9.38 Å². The molecule has 2 aliphatic rings. The maximum atomic E-state index is 13.6. The van der Waals surface area contributed by atoms with Crippen molar-refractivity contribution in [2.24, 2.45) is 4.99 Å². The number of hydrogen-bond acceptors (Lipinski definition) is 3. The molecule has 1 aromatic carbocycles. The number of halogens is 1. The van der Waals surface area contributed by atoms with Crippen LogP contribution in [-0.4, -0.2) is 63.2 Å². The zero-order valence-electron chi connectivity index (χ0n) is 16.1. The van der Waals surface area contributed by atoms with E-state index in [1.807, 2.05) is 6.07 Å². The molecule has 2 fully saturated rings. The number of ether oxygens (including phenoxy) is 1. The fraction of sp³-hybridized carbons (Fsp3) is 0.600. The van der Waals surface area contributed by atoms with Gasteiger partial charge in [-0.2, -0.15) is 0 Å². The van der Waals surface area contributed by atoms with Gasteiger partial charge in [-0.1, -0.05) is 12.1 Å². The van der Waals surface area contributed by atoms with Crippen LogP contribution in [0.3, 0.4) is 0 Å². The molecule has 1 saturated carbocycles. The average Bonchev–Trinajstić information content (AvgIpc) is 3.26. The van der Waals surface area contributed by atoms with E-state index in [1.165, 1.54) is 11.0 Å². The van der Waals surface area contributed by atoms with Crippen molar-refractivity contribution >= 4 is 11.9 Å². The molecular formula is C20H29FN4O2. The summed E-state index contributed by atoms with van der Waals surface area (Å²) >= 11 is 0. The molecule has 2 N–H and O–H groups in total. The molecule has 3 rings (SSSR count). The SMILES string of the molecule is CN(C)C(=O)CN=C(NCC1CCCO1)NCC1(c2cccc(F)c2)CC1. The van der Waals surface area contributed by atoms with Gasteiger partial charge < -0.3 is 20.3 Å². The average molecular weight is 376 g/mol. The van der Waals surface area contributed by atoms with Gasteiger partial charge >= 0.3 is 0 Å². The highest BCUT2D eigenvalue weighted by Gasteiger charge is 2.44. The largest absolute Gasteiger partial charge is 0.376 e. The van der Waals surface area contributed by atoms with Gasteiger partial charge in [0.2, 0.25) is 5.91 Å². The van der Waals surface area contributed by atoms with Crippen LogP contribution in [0.1, 0.15) is 31.2 Å². The van der Waals surface area contributed by atoms with Crippen LogP contribution in [-0.2, 0) is 14.9 Å². The quantitative estimate of drug-likeness (QED) is 0.561. The molecule has 1 aromatic rings. The lowest BCUT2D eigenvalue weighted by molar-refractivity contribution is -0.127. The standard InChI is InChI=1S/C20H29FN4O2/c1-25(2)18(26)13-23-19(22-12-17-7-4-10-27-17)24-14-20(8-9-20)15-5-3-6-16(21)11-15/h3,5-6,11,17H,4,7-10,12-14H2,1-2H3,(H2,22,23,24). The minimum atomic E-state index is -0.208. The third-order valence-electron chi connectivity index (χ3n) is 5.28. The molecule has 1 aliphatic carbocycles. The van der Waals surface area contributed by atoms with E-state index in [9.17, 15) is 9.18 Å². The number of carbonyl (C=O) groups is 1. The first-order chi connectivity index (χ1) is 13.0. The third kappa shape index (κ3) is 5.42. The van der Waals surface area contributed by atoms with Crippen LogP contribution >= 0.6 is 0 Å². The fourth-order valence-corrected chi connectivity index (χ4v) is 3.27. The Bertz CT molecular complexity index is 682. The predicted octanol–water partition coefficient (Wildman–Crippen LogP) is 1.66. The van der Waals surface area contributed by atoms with Crippen LogP contribution < -0.4 is 10.6 Å². The van der Waals surface area contributed by atoms with Gasteiger partial charge in [0, 0.05) is 39.2 Å². The Morgan fingerprint density at radius 2 is 2.19 bits per heavy atom. The lowest BCUT2D eigenvalue weighted by Crippen LogP contribution is -2.44. The number of aliphatic imine (C=N–C) groups is 1. The second-order valence-corrected chi connectivity index (χ2v) is 7.61. The molecule has 1 heterocycles. The zero-order valence-corrected chi connectivity index (χ0v) is 16.1. The molecule has 0 spiro atoms. The molecule has 1 atom stereocenters. The van der Waals surface area contributed by atoms with E-state index < -0.39 is 0 Å². The Labute approximate surface area is 160 Å². The number of amides is 1. The molecule has 6 nitrogen and oxygen atoms in total. The van der Waals surface area contributed by atoms with Crippen molar-refractivity contribution in [3.8, 4) is 0 Å². The Balaban J connectivity index is 1.61. The molecule has 0 bridgehead atoms. The summed E-state index contributed by atoms with van der Waals surface area (Å²) in [5, 5.41) is 6.64. The van der Waals surface area contributed by atoms with E-state index in [1.54, 1.807) is 26.2 Å². The van der Waals surface area contributed by atoms with Crippen LogP contribution in [0.25, 0.3) is 0 Å². The summed E-state index contributed by atoms with van der Waals surface area (Å²) in [5.74, 6) is 0.337. The topological polar surface area (TPSA) is 66.0 Å². The fourth-order valence-electron chi connectivity index (χ4n) is 3.27. The number of benzene rings is 1. The van der Waals surface area contributed by atoms with E-state index in [0.717, 1.165) is 37.9 Å². The van der Waals surface area contributed by atoms with Crippen LogP contribution in [0, 0.1) is 5.82 Å². The van der Waals surface area contributed by atoms with Crippen LogP contribution in [0.4, 0.5) is 4.39 Å². The Kier molecular flexibility index (Phi) is 6.31. The molecular weight excluding hydrogens is 347 g/mol. The lowest BCUT2D eigenvalue weighted by atomic mass is 9.96. The van der Waals surface area contributed by atoms with E-state index in [0.29, 0.717) is 19.0 Å². The highest BCUT2D eigenvalue weighted by atomic mass is 19.1. The second-order valence-electron chi connectivity index (χ2n) is 7.61. The molecule has 1 saturated heterocycles. The first-order valence-electron chi connectivity index (χ1n) is 9.58. The number of nitrogens with one attached hydrogen (secondary N) is 2. The van der Waals surface area contributed by atoms with Gasteiger partial charge in [0.1, 0.15) is 12.4 Å². The molecule has 0 radical (unpaired) electrons. The summed E-state index contributed by atoms with van der Waals surface area (Å²) < 4.78 is 19.2. The van der Waals surface area contributed by atoms with Gasteiger partial charge in [-0.15, -0.1) is 0 Å². The maximum absolute atomic E-state index is 13.6. The van der Waals surface area contributed by atoms with Gasteiger partial charge in [-0.05, 0) is 43.4 Å². The van der Waals surface area contributed by atoms with E-state index >= 15 is 0 Å². The van der Waals surface area contributed by atoms with Crippen molar-refractivity contribution in [2.75, 3.05) is 40.3 Å². The van der Waals surface area contributed by atoms with Crippen molar-refractivity contribution in [1.29, 1.82) is 0 Å². The van der Waals surface area contributed by atoms with Crippen LogP contribution in [0.5, 0.6) is 0 Å². The van der Waals surface area contributed by atoms with Crippen molar-refractivity contribution in [3.05, 3.63) is 35.6 Å². The Morgan fingerprint density at radius 1 is 1.37 bits per heavy atom. The summed E-state index contributed by atoms with van der Waals surface area (Å²) in [5.41, 5.74) is 0.956. The minimum absolute atomic E-state index is 0.0556.